The maximum Gasteiger partial charge on any atom is 0.127 e. The van der Waals surface area contributed by atoms with Gasteiger partial charge in [0, 0.05) is 11.6 Å². The van der Waals surface area contributed by atoms with E-state index in [-0.39, 0.29) is 17.3 Å². The summed E-state index contributed by atoms with van der Waals surface area (Å²) in [5.74, 6) is 0.424. The Kier molecular flexibility index (Phi) is 4.70. The van der Waals surface area contributed by atoms with Gasteiger partial charge in [0.1, 0.15) is 5.82 Å². The van der Waals surface area contributed by atoms with Crippen molar-refractivity contribution in [3.05, 3.63) is 35.6 Å². The van der Waals surface area contributed by atoms with Gasteiger partial charge in [0.2, 0.25) is 0 Å². The fraction of sp³-hybridized carbons (Fsp3) is 0.600. The summed E-state index contributed by atoms with van der Waals surface area (Å²) in [6.07, 6.45) is 0. The lowest BCUT2D eigenvalue weighted by Crippen LogP contribution is -2.31. The molecule has 0 amide bonds. The number of hydrogen-bond acceptors (Lipinski definition) is 1. The van der Waals surface area contributed by atoms with E-state index in [1.54, 1.807) is 6.07 Å². The van der Waals surface area contributed by atoms with Crippen LogP contribution in [0.2, 0.25) is 0 Å². The van der Waals surface area contributed by atoms with E-state index < -0.39 is 0 Å². The summed E-state index contributed by atoms with van der Waals surface area (Å²) in [4.78, 5) is 0. The van der Waals surface area contributed by atoms with Crippen LogP contribution in [0.4, 0.5) is 4.39 Å². The topological polar surface area (TPSA) is 12.0 Å². The van der Waals surface area contributed by atoms with Crippen LogP contribution in [0.5, 0.6) is 0 Å². The first kappa shape index (κ1) is 14.2. The Balaban J connectivity index is 2.57. The molecule has 1 rings (SSSR count). The van der Waals surface area contributed by atoms with Crippen LogP contribution in [0.3, 0.4) is 0 Å². The third-order valence-corrected chi connectivity index (χ3v) is 3.58. The molecule has 0 bridgehead atoms. The van der Waals surface area contributed by atoms with Gasteiger partial charge in [-0.15, -0.1) is 0 Å². The number of benzene rings is 1. The van der Waals surface area contributed by atoms with E-state index in [0.717, 1.165) is 12.1 Å². The minimum absolute atomic E-state index is 0.0565. The molecule has 0 saturated heterocycles. The molecule has 0 fully saturated rings. The molecule has 0 saturated carbocycles. The van der Waals surface area contributed by atoms with Crippen molar-refractivity contribution >= 4 is 0 Å². The predicted octanol–water partition coefficient (Wildman–Crippen LogP) is 4.16. The Morgan fingerprint density at radius 1 is 1.18 bits per heavy atom. The van der Waals surface area contributed by atoms with E-state index in [2.05, 4.69) is 33.0 Å². The van der Waals surface area contributed by atoms with E-state index in [1.807, 2.05) is 19.1 Å². The van der Waals surface area contributed by atoms with Crippen LogP contribution in [-0.4, -0.2) is 6.54 Å². The molecule has 1 N–H and O–H groups in total. The molecule has 0 aromatic heterocycles. The molecule has 2 heteroatoms. The maximum absolute atomic E-state index is 13.6. The van der Waals surface area contributed by atoms with Gasteiger partial charge in [-0.25, -0.2) is 4.39 Å². The largest absolute Gasteiger partial charge is 0.310 e. The first-order chi connectivity index (χ1) is 7.82. The van der Waals surface area contributed by atoms with E-state index in [1.165, 1.54) is 6.07 Å². The first-order valence-electron chi connectivity index (χ1n) is 6.30. The highest BCUT2D eigenvalue weighted by molar-refractivity contribution is 5.20. The Morgan fingerprint density at radius 2 is 1.76 bits per heavy atom. The van der Waals surface area contributed by atoms with E-state index in [4.69, 9.17) is 0 Å². The SMILES string of the molecule is CC(NCC(C)C(C)(C)C)c1ccccc1F. The zero-order valence-corrected chi connectivity index (χ0v) is 11.5. The number of rotatable bonds is 4. The Morgan fingerprint density at radius 3 is 2.29 bits per heavy atom. The van der Waals surface area contributed by atoms with Crippen LogP contribution in [-0.2, 0) is 0 Å². The zero-order chi connectivity index (χ0) is 13.1. The second-order valence-electron chi connectivity index (χ2n) is 5.92. The highest BCUT2D eigenvalue weighted by atomic mass is 19.1. The average molecular weight is 237 g/mol. The zero-order valence-electron chi connectivity index (χ0n) is 11.5. The van der Waals surface area contributed by atoms with Gasteiger partial charge in [-0.1, -0.05) is 45.9 Å². The second-order valence-corrected chi connectivity index (χ2v) is 5.92. The summed E-state index contributed by atoms with van der Waals surface area (Å²) in [6, 6.07) is 7.02. The Labute approximate surface area is 104 Å². The quantitative estimate of drug-likeness (QED) is 0.829. The maximum atomic E-state index is 13.6. The van der Waals surface area contributed by atoms with Crippen LogP contribution in [0.1, 0.15) is 46.2 Å². The molecule has 0 aliphatic carbocycles. The molecule has 0 heterocycles. The van der Waals surface area contributed by atoms with Crippen molar-refractivity contribution in [2.75, 3.05) is 6.54 Å². The molecule has 1 aromatic rings. The van der Waals surface area contributed by atoms with Crippen LogP contribution in [0.25, 0.3) is 0 Å². The van der Waals surface area contributed by atoms with Gasteiger partial charge in [0.05, 0.1) is 0 Å². The van der Waals surface area contributed by atoms with Gasteiger partial charge >= 0.3 is 0 Å². The molecule has 2 unspecified atom stereocenters. The summed E-state index contributed by atoms with van der Waals surface area (Å²) in [7, 11) is 0. The minimum atomic E-state index is -0.129. The van der Waals surface area contributed by atoms with Crippen LogP contribution in [0, 0.1) is 17.2 Å². The lowest BCUT2D eigenvalue weighted by Gasteiger charge is -2.29. The summed E-state index contributed by atoms with van der Waals surface area (Å²) >= 11 is 0. The minimum Gasteiger partial charge on any atom is -0.310 e. The first-order valence-corrected chi connectivity index (χ1v) is 6.30. The second kappa shape index (κ2) is 5.63. The van der Waals surface area contributed by atoms with Crippen molar-refractivity contribution in [1.82, 2.24) is 5.32 Å². The lowest BCUT2D eigenvalue weighted by molar-refractivity contribution is 0.246. The Bertz CT molecular complexity index is 354. The smallest absolute Gasteiger partial charge is 0.127 e. The highest BCUT2D eigenvalue weighted by Crippen LogP contribution is 2.25. The number of halogens is 1. The molecule has 0 aliphatic heterocycles. The van der Waals surface area contributed by atoms with Gasteiger partial charge in [0.15, 0.2) is 0 Å². The van der Waals surface area contributed by atoms with Crippen molar-refractivity contribution in [1.29, 1.82) is 0 Å². The fourth-order valence-electron chi connectivity index (χ4n) is 1.60. The molecule has 0 aliphatic rings. The van der Waals surface area contributed by atoms with Crippen LogP contribution >= 0.6 is 0 Å². The van der Waals surface area contributed by atoms with E-state index >= 15 is 0 Å². The molecular formula is C15H24FN. The average Bonchev–Trinajstić information content (AvgIpc) is 2.24. The van der Waals surface area contributed by atoms with Crippen molar-refractivity contribution < 1.29 is 4.39 Å². The molecule has 2 atom stereocenters. The van der Waals surface area contributed by atoms with Gasteiger partial charge in [-0.2, -0.15) is 0 Å². The monoisotopic (exact) mass is 237 g/mol. The Hall–Kier alpha value is -0.890. The molecule has 96 valence electrons. The van der Waals surface area contributed by atoms with Crippen molar-refractivity contribution in [2.45, 2.75) is 40.7 Å². The van der Waals surface area contributed by atoms with Gasteiger partial charge in [-0.3, -0.25) is 0 Å². The van der Waals surface area contributed by atoms with Crippen molar-refractivity contribution in [3.8, 4) is 0 Å². The van der Waals surface area contributed by atoms with Gasteiger partial charge < -0.3 is 5.32 Å². The number of nitrogens with one attached hydrogen (secondary N) is 1. The van der Waals surface area contributed by atoms with E-state index in [9.17, 15) is 4.39 Å². The van der Waals surface area contributed by atoms with Crippen molar-refractivity contribution in [3.63, 3.8) is 0 Å². The van der Waals surface area contributed by atoms with E-state index in [0.29, 0.717) is 5.92 Å². The van der Waals surface area contributed by atoms with Crippen molar-refractivity contribution in [2.24, 2.45) is 11.3 Å². The standard InChI is InChI=1S/C15H24FN/c1-11(15(3,4)5)10-17-12(2)13-8-6-7-9-14(13)16/h6-9,11-12,17H,10H2,1-5H3. The van der Waals surface area contributed by atoms with Gasteiger partial charge in [-0.05, 0) is 30.9 Å². The summed E-state index contributed by atoms with van der Waals surface area (Å²) in [5, 5.41) is 3.41. The molecule has 1 aromatic carbocycles. The van der Waals surface area contributed by atoms with Crippen LogP contribution in [0.15, 0.2) is 24.3 Å². The lowest BCUT2D eigenvalue weighted by atomic mass is 9.82. The highest BCUT2D eigenvalue weighted by Gasteiger charge is 2.20. The summed E-state index contributed by atoms with van der Waals surface area (Å²) < 4.78 is 13.6. The normalized spacial score (nSPS) is 15.6. The summed E-state index contributed by atoms with van der Waals surface area (Å²) in [5.41, 5.74) is 1.02. The fourth-order valence-corrected chi connectivity index (χ4v) is 1.60. The van der Waals surface area contributed by atoms with Gasteiger partial charge in [0.25, 0.3) is 0 Å². The molecule has 0 radical (unpaired) electrons. The summed E-state index contributed by atoms with van der Waals surface area (Å²) in [6.45, 7) is 11.8. The predicted molar refractivity (Wildman–Crippen MR) is 71.4 cm³/mol. The number of hydrogen-bond donors (Lipinski definition) is 1. The molecule has 0 spiro atoms. The third kappa shape index (κ3) is 4.12. The molecule has 1 nitrogen and oxygen atoms in total. The molecular weight excluding hydrogens is 213 g/mol. The molecule has 17 heavy (non-hydrogen) atoms. The third-order valence-electron chi connectivity index (χ3n) is 3.58. The van der Waals surface area contributed by atoms with Crippen LogP contribution < -0.4 is 5.32 Å².